The van der Waals surface area contributed by atoms with Gasteiger partial charge in [0.2, 0.25) is 0 Å². The van der Waals surface area contributed by atoms with Crippen LogP contribution < -0.4 is 0 Å². The van der Waals surface area contributed by atoms with Crippen molar-refractivity contribution >= 4 is 9.84 Å². The maximum absolute atomic E-state index is 11.6. The Morgan fingerprint density at radius 2 is 2.00 bits per heavy atom. The first-order chi connectivity index (χ1) is 8.05. The highest BCUT2D eigenvalue weighted by Crippen LogP contribution is 2.22. The Bertz CT molecular complexity index is 503. The van der Waals surface area contributed by atoms with E-state index in [0.717, 1.165) is 6.26 Å². The van der Waals surface area contributed by atoms with Gasteiger partial charge in [-0.3, -0.25) is 4.68 Å². The van der Waals surface area contributed by atoms with Crippen LogP contribution in [0, 0.1) is 0 Å². The molecule has 0 spiro atoms. The summed E-state index contributed by atoms with van der Waals surface area (Å²) in [4.78, 5) is 0. The third-order valence-electron chi connectivity index (χ3n) is 3.35. The SMILES string of the molecule is CC(C)n1ccc(CC(O)C(C)(C)S(C)(=O)=O)n1. The minimum Gasteiger partial charge on any atom is -0.391 e. The van der Waals surface area contributed by atoms with Gasteiger partial charge < -0.3 is 5.11 Å². The standard InChI is InChI=1S/C12H22N2O3S/c1-9(2)14-7-6-10(13-14)8-11(15)12(3,4)18(5,16)17/h6-7,9,11,15H,8H2,1-5H3. The van der Waals surface area contributed by atoms with E-state index in [1.165, 1.54) is 13.8 Å². The lowest BCUT2D eigenvalue weighted by Gasteiger charge is -2.28. The maximum Gasteiger partial charge on any atom is 0.155 e. The molecule has 1 aromatic heterocycles. The van der Waals surface area contributed by atoms with Gasteiger partial charge in [0.25, 0.3) is 0 Å². The Balaban J connectivity index is 2.84. The summed E-state index contributed by atoms with van der Waals surface area (Å²) in [6.45, 7) is 7.08. The molecular formula is C12H22N2O3S. The molecule has 0 aliphatic rings. The molecule has 1 rings (SSSR count). The van der Waals surface area contributed by atoms with Gasteiger partial charge in [0.15, 0.2) is 9.84 Å². The molecule has 0 bridgehead atoms. The fourth-order valence-electron chi connectivity index (χ4n) is 1.46. The molecule has 0 fully saturated rings. The number of aliphatic hydroxyl groups excluding tert-OH is 1. The predicted octanol–water partition coefficient (Wildman–Crippen LogP) is 1.19. The molecule has 5 nitrogen and oxygen atoms in total. The first-order valence-corrected chi connectivity index (χ1v) is 7.86. The van der Waals surface area contributed by atoms with E-state index in [-0.39, 0.29) is 12.5 Å². The van der Waals surface area contributed by atoms with Gasteiger partial charge in [-0.1, -0.05) is 0 Å². The van der Waals surface area contributed by atoms with E-state index in [1.807, 2.05) is 26.1 Å². The minimum absolute atomic E-state index is 0.236. The highest BCUT2D eigenvalue weighted by molar-refractivity contribution is 7.92. The molecule has 0 radical (unpaired) electrons. The van der Waals surface area contributed by atoms with Crippen molar-refractivity contribution in [2.24, 2.45) is 0 Å². The molecule has 1 heterocycles. The number of hydrogen-bond donors (Lipinski definition) is 1. The normalized spacial score (nSPS) is 15.1. The lowest BCUT2D eigenvalue weighted by molar-refractivity contribution is 0.136. The quantitative estimate of drug-likeness (QED) is 0.875. The first-order valence-electron chi connectivity index (χ1n) is 5.97. The highest BCUT2D eigenvalue weighted by atomic mass is 32.2. The van der Waals surface area contributed by atoms with Crippen LogP contribution in [0.15, 0.2) is 12.3 Å². The molecule has 0 aromatic carbocycles. The summed E-state index contributed by atoms with van der Waals surface area (Å²) >= 11 is 0. The second-order valence-corrected chi connectivity index (χ2v) is 8.07. The van der Waals surface area contributed by atoms with E-state index < -0.39 is 20.7 Å². The Hall–Kier alpha value is -0.880. The fraction of sp³-hybridized carbons (Fsp3) is 0.750. The Kier molecular flexibility index (Phi) is 4.23. The zero-order valence-electron chi connectivity index (χ0n) is 11.6. The average Bonchev–Trinajstić information content (AvgIpc) is 2.64. The molecule has 6 heteroatoms. The highest BCUT2D eigenvalue weighted by Gasteiger charge is 2.38. The maximum atomic E-state index is 11.6. The van der Waals surface area contributed by atoms with Gasteiger partial charge >= 0.3 is 0 Å². The van der Waals surface area contributed by atoms with Crippen LogP contribution >= 0.6 is 0 Å². The third kappa shape index (κ3) is 3.11. The van der Waals surface area contributed by atoms with Crippen LogP contribution in [-0.2, 0) is 16.3 Å². The summed E-state index contributed by atoms with van der Waals surface area (Å²) in [6, 6.07) is 2.06. The van der Waals surface area contributed by atoms with Crippen LogP contribution in [0.4, 0.5) is 0 Å². The third-order valence-corrected chi connectivity index (χ3v) is 5.54. The van der Waals surface area contributed by atoms with Crippen molar-refractivity contribution in [1.29, 1.82) is 0 Å². The molecule has 0 saturated heterocycles. The summed E-state index contributed by atoms with van der Waals surface area (Å²) in [5.74, 6) is 0. The molecule has 18 heavy (non-hydrogen) atoms. The number of hydrogen-bond acceptors (Lipinski definition) is 4. The van der Waals surface area contributed by atoms with E-state index in [9.17, 15) is 13.5 Å². The first kappa shape index (κ1) is 15.2. The number of sulfone groups is 1. The molecule has 0 aliphatic carbocycles. The molecule has 1 atom stereocenters. The second kappa shape index (κ2) is 5.01. The van der Waals surface area contributed by atoms with Crippen molar-refractivity contribution in [3.8, 4) is 0 Å². The van der Waals surface area contributed by atoms with Crippen LogP contribution in [-0.4, -0.2) is 40.4 Å². The van der Waals surface area contributed by atoms with E-state index >= 15 is 0 Å². The molecule has 104 valence electrons. The van der Waals surface area contributed by atoms with Gasteiger partial charge in [-0.2, -0.15) is 5.10 Å². The minimum atomic E-state index is -3.32. The summed E-state index contributed by atoms with van der Waals surface area (Å²) in [5, 5.41) is 14.4. The Morgan fingerprint density at radius 3 is 2.39 bits per heavy atom. The van der Waals surface area contributed by atoms with E-state index in [0.29, 0.717) is 5.69 Å². The molecule has 0 amide bonds. The van der Waals surface area contributed by atoms with Gasteiger partial charge in [0.05, 0.1) is 16.5 Å². The van der Waals surface area contributed by atoms with Crippen LogP contribution in [0.5, 0.6) is 0 Å². The van der Waals surface area contributed by atoms with E-state index in [4.69, 9.17) is 0 Å². The van der Waals surface area contributed by atoms with E-state index in [2.05, 4.69) is 5.10 Å². The van der Waals surface area contributed by atoms with Crippen LogP contribution in [0.1, 0.15) is 39.4 Å². The van der Waals surface area contributed by atoms with Crippen LogP contribution in [0.2, 0.25) is 0 Å². The van der Waals surface area contributed by atoms with Crippen molar-refractivity contribution in [2.45, 2.75) is 51.0 Å². The van der Waals surface area contributed by atoms with Crippen molar-refractivity contribution < 1.29 is 13.5 Å². The zero-order valence-corrected chi connectivity index (χ0v) is 12.4. The summed E-state index contributed by atoms with van der Waals surface area (Å²) in [5.41, 5.74) is 0.702. The summed E-state index contributed by atoms with van der Waals surface area (Å²) < 4.78 is 23.8. The largest absolute Gasteiger partial charge is 0.391 e. The van der Waals surface area contributed by atoms with E-state index in [1.54, 1.807) is 4.68 Å². The van der Waals surface area contributed by atoms with Gasteiger partial charge in [-0.15, -0.1) is 0 Å². The number of rotatable bonds is 5. The summed E-state index contributed by atoms with van der Waals surface area (Å²) in [6.07, 6.45) is 2.24. The van der Waals surface area contributed by atoms with Gasteiger partial charge in [-0.05, 0) is 33.8 Å². The lowest BCUT2D eigenvalue weighted by Crippen LogP contribution is -2.44. The van der Waals surface area contributed by atoms with Crippen molar-refractivity contribution in [1.82, 2.24) is 9.78 Å². The van der Waals surface area contributed by atoms with Crippen molar-refractivity contribution in [3.05, 3.63) is 18.0 Å². The topological polar surface area (TPSA) is 72.2 Å². The second-order valence-electron chi connectivity index (χ2n) is 5.48. The Morgan fingerprint density at radius 1 is 1.44 bits per heavy atom. The van der Waals surface area contributed by atoms with Crippen molar-refractivity contribution in [2.75, 3.05) is 6.26 Å². The van der Waals surface area contributed by atoms with Crippen LogP contribution in [0.25, 0.3) is 0 Å². The molecular weight excluding hydrogens is 252 g/mol. The fourth-order valence-corrected chi connectivity index (χ4v) is 2.04. The molecule has 1 aromatic rings. The Labute approximate surface area is 109 Å². The predicted molar refractivity (Wildman–Crippen MR) is 71.2 cm³/mol. The van der Waals surface area contributed by atoms with Crippen LogP contribution in [0.3, 0.4) is 0 Å². The van der Waals surface area contributed by atoms with Gasteiger partial charge in [-0.25, -0.2) is 8.42 Å². The van der Waals surface area contributed by atoms with Gasteiger partial charge in [0, 0.05) is 24.9 Å². The van der Waals surface area contributed by atoms with Crippen molar-refractivity contribution in [3.63, 3.8) is 0 Å². The number of nitrogens with zero attached hydrogens (tertiary/aromatic N) is 2. The number of aromatic nitrogens is 2. The zero-order chi connectivity index (χ0) is 14.1. The molecule has 0 aliphatic heterocycles. The smallest absolute Gasteiger partial charge is 0.155 e. The summed E-state index contributed by atoms with van der Waals surface area (Å²) in [7, 11) is -3.32. The number of aliphatic hydroxyl groups is 1. The average molecular weight is 274 g/mol. The van der Waals surface area contributed by atoms with Gasteiger partial charge in [0.1, 0.15) is 0 Å². The lowest BCUT2D eigenvalue weighted by atomic mass is 10.0. The monoisotopic (exact) mass is 274 g/mol. The molecule has 1 N–H and O–H groups in total. The molecule has 0 saturated carbocycles. The molecule has 1 unspecified atom stereocenters.